The van der Waals surface area contributed by atoms with Crippen molar-refractivity contribution in [2.24, 2.45) is 0 Å². The lowest BCUT2D eigenvalue weighted by atomic mass is 10.0. The molecule has 0 aliphatic heterocycles. The van der Waals surface area contributed by atoms with Crippen molar-refractivity contribution in [3.05, 3.63) is 0 Å². The standard InChI is InChI=1S/C42H82N2O4/c1-3-5-7-9-11-13-15-17-19-21-23-25-27-29-31-36-40(45)43-38-34-33-35-39(42(47)48)44-41(46)37-32-30-28-26-24-22-20-18-16-14-12-10-8-6-4-2/h39H,3-38H2,1-2H3,(H,43,45)(H,44,46)(H,47,48). The van der Waals surface area contributed by atoms with E-state index >= 15 is 0 Å². The van der Waals surface area contributed by atoms with Crippen LogP contribution in [0.2, 0.25) is 0 Å². The number of nitrogens with one attached hydrogen (secondary N) is 2. The van der Waals surface area contributed by atoms with Gasteiger partial charge in [0.2, 0.25) is 11.8 Å². The molecular weight excluding hydrogens is 596 g/mol. The molecule has 0 aromatic carbocycles. The molecule has 0 aliphatic carbocycles. The van der Waals surface area contributed by atoms with Crippen molar-refractivity contribution < 1.29 is 19.5 Å². The lowest BCUT2D eigenvalue weighted by Crippen LogP contribution is -2.40. The molecule has 0 bridgehead atoms. The van der Waals surface area contributed by atoms with Gasteiger partial charge in [0.25, 0.3) is 0 Å². The second kappa shape index (κ2) is 38.2. The number of unbranched alkanes of at least 4 members (excludes halogenated alkanes) is 29. The Morgan fingerprint density at radius 2 is 0.729 bits per heavy atom. The number of hydrogen-bond acceptors (Lipinski definition) is 3. The number of aliphatic carboxylic acids is 1. The fourth-order valence-electron chi connectivity index (χ4n) is 6.63. The van der Waals surface area contributed by atoms with Crippen molar-refractivity contribution >= 4 is 17.8 Å². The van der Waals surface area contributed by atoms with Crippen LogP contribution in [-0.4, -0.2) is 35.5 Å². The highest BCUT2D eigenvalue weighted by Crippen LogP contribution is 2.15. The molecule has 0 aliphatic rings. The van der Waals surface area contributed by atoms with Crippen molar-refractivity contribution in [2.45, 2.75) is 245 Å². The van der Waals surface area contributed by atoms with E-state index in [0.717, 1.165) is 38.5 Å². The van der Waals surface area contributed by atoms with Crippen molar-refractivity contribution in [2.75, 3.05) is 6.54 Å². The zero-order valence-electron chi connectivity index (χ0n) is 32.2. The number of amides is 2. The lowest BCUT2D eigenvalue weighted by Gasteiger charge is -2.14. The molecule has 0 radical (unpaired) electrons. The summed E-state index contributed by atoms with van der Waals surface area (Å²) < 4.78 is 0. The number of hydrogen-bond donors (Lipinski definition) is 3. The van der Waals surface area contributed by atoms with Gasteiger partial charge in [-0.1, -0.05) is 194 Å². The van der Waals surface area contributed by atoms with Gasteiger partial charge in [0.05, 0.1) is 0 Å². The fraction of sp³-hybridized carbons (Fsp3) is 0.929. The minimum atomic E-state index is -0.975. The van der Waals surface area contributed by atoms with Crippen molar-refractivity contribution in [1.82, 2.24) is 10.6 Å². The maximum Gasteiger partial charge on any atom is 0.326 e. The van der Waals surface area contributed by atoms with Crippen molar-refractivity contribution in [3.63, 3.8) is 0 Å². The highest BCUT2D eigenvalue weighted by Gasteiger charge is 2.19. The molecule has 0 saturated heterocycles. The molecule has 1 atom stereocenters. The van der Waals surface area contributed by atoms with Crippen LogP contribution in [0.3, 0.4) is 0 Å². The quantitative estimate of drug-likeness (QED) is 0.0564. The van der Waals surface area contributed by atoms with Crippen molar-refractivity contribution in [3.8, 4) is 0 Å². The van der Waals surface area contributed by atoms with Crippen LogP contribution in [0.25, 0.3) is 0 Å². The first-order chi connectivity index (χ1) is 23.5. The first-order valence-corrected chi connectivity index (χ1v) is 21.3. The fourth-order valence-corrected chi connectivity index (χ4v) is 6.63. The van der Waals surface area contributed by atoms with Gasteiger partial charge in [-0.15, -0.1) is 0 Å². The predicted octanol–water partition coefficient (Wildman–Crippen LogP) is 12.4. The Morgan fingerprint density at radius 3 is 1.06 bits per heavy atom. The second-order valence-corrected chi connectivity index (χ2v) is 14.7. The number of carboxylic acids is 1. The average molecular weight is 679 g/mol. The van der Waals surface area contributed by atoms with E-state index in [-0.39, 0.29) is 11.8 Å². The topological polar surface area (TPSA) is 95.5 Å². The summed E-state index contributed by atoms with van der Waals surface area (Å²) >= 11 is 0. The Balaban J connectivity index is 3.57. The summed E-state index contributed by atoms with van der Waals surface area (Å²) in [4.78, 5) is 36.1. The molecule has 6 heteroatoms. The molecule has 0 rings (SSSR count). The molecule has 1 unspecified atom stereocenters. The third-order valence-electron chi connectivity index (χ3n) is 9.89. The summed E-state index contributed by atoms with van der Waals surface area (Å²) in [5.41, 5.74) is 0. The summed E-state index contributed by atoms with van der Waals surface area (Å²) in [5.74, 6) is -1.04. The van der Waals surface area contributed by atoms with Crippen LogP contribution >= 0.6 is 0 Å². The molecule has 284 valence electrons. The van der Waals surface area contributed by atoms with E-state index in [1.54, 1.807) is 0 Å². The Kier molecular flexibility index (Phi) is 36.9. The van der Waals surface area contributed by atoms with E-state index in [1.165, 1.54) is 161 Å². The molecule has 0 aromatic heterocycles. The minimum absolute atomic E-state index is 0.0938. The van der Waals surface area contributed by atoms with Gasteiger partial charge in [0.1, 0.15) is 6.04 Å². The summed E-state index contributed by atoms with van der Waals surface area (Å²) in [6.07, 6.45) is 41.8. The maximum absolute atomic E-state index is 12.3. The number of carboxylic acid groups (broad SMARTS) is 1. The van der Waals surface area contributed by atoms with Gasteiger partial charge >= 0.3 is 5.97 Å². The molecule has 6 nitrogen and oxygen atoms in total. The Morgan fingerprint density at radius 1 is 0.417 bits per heavy atom. The predicted molar refractivity (Wildman–Crippen MR) is 206 cm³/mol. The van der Waals surface area contributed by atoms with Crippen LogP contribution in [-0.2, 0) is 14.4 Å². The highest BCUT2D eigenvalue weighted by atomic mass is 16.4. The number of carbonyl (C=O) groups excluding carboxylic acids is 2. The van der Waals surface area contributed by atoms with Gasteiger partial charge in [-0.05, 0) is 32.1 Å². The van der Waals surface area contributed by atoms with E-state index in [4.69, 9.17) is 0 Å². The average Bonchev–Trinajstić information content (AvgIpc) is 3.07. The van der Waals surface area contributed by atoms with E-state index in [2.05, 4.69) is 24.5 Å². The van der Waals surface area contributed by atoms with E-state index in [1.807, 2.05) is 0 Å². The van der Waals surface area contributed by atoms with E-state index < -0.39 is 12.0 Å². The molecule has 0 fully saturated rings. The van der Waals surface area contributed by atoms with Gasteiger partial charge < -0.3 is 15.7 Å². The normalized spacial score (nSPS) is 11.9. The SMILES string of the molecule is CCCCCCCCCCCCCCCCCC(=O)NCCCCC(NC(=O)CCCCCCCCCCCCCCCCC)C(=O)O. The molecular formula is C42H82N2O4. The van der Waals surface area contributed by atoms with Crippen LogP contribution in [0.5, 0.6) is 0 Å². The first-order valence-electron chi connectivity index (χ1n) is 21.3. The summed E-state index contributed by atoms with van der Waals surface area (Å²) in [7, 11) is 0. The molecule has 0 spiro atoms. The van der Waals surface area contributed by atoms with Crippen molar-refractivity contribution in [1.29, 1.82) is 0 Å². The van der Waals surface area contributed by atoms with Crippen LogP contribution in [0, 0.1) is 0 Å². The molecule has 0 heterocycles. The molecule has 2 amide bonds. The molecule has 0 saturated carbocycles. The minimum Gasteiger partial charge on any atom is -0.480 e. The summed E-state index contributed by atoms with van der Waals surface area (Å²) in [6.45, 7) is 5.11. The van der Waals surface area contributed by atoms with E-state index in [0.29, 0.717) is 32.2 Å². The van der Waals surface area contributed by atoms with Crippen LogP contribution in [0.1, 0.15) is 239 Å². The Bertz CT molecular complexity index is 714. The first kappa shape index (κ1) is 46.4. The maximum atomic E-state index is 12.3. The smallest absolute Gasteiger partial charge is 0.326 e. The second-order valence-electron chi connectivity index (χ2n) is 14.7. The zero-order chi connectivity index (χ0) is 35.2. The molecule has 3 N–H and O–H groups in total. The van der Waals surface area contributed by atoms with Gasteiger partial charge in [-0.2, -0.15) is 0 Å². The summed E-state index contributed by atoms with van der Waals surface area (Å²) in [6, 6.07) is -0.843. The van der Waals surface area contributed by atoms with Crippen LogP contribution in [0.4, 0.5) is 0 Å². The Labute approximate surface area is 298 Å². The number of carbonyl (C=O) groups is 3. The van der Waals surface area contributed by atoms with Crippen LogP contribution < -0.4 is 10.6 Å². The highest BCUT2D eigenvalue weighted by molar-refractivity contribution is 5.83. The van der Waals surface area contributed by atoms with Gasteiger partial charge in [-0.25, -0.2) is 4.79 Å². The lowest BCUT2D eigenvalue weighted by molar-refractivity contribution is -0.142. The van der Waals surface area contributed by atoms with Gasteiger partial charge in [-0.3, -0.25) is 9.59 Å². The van der Waals surface area contributed by atoms with Gasteiger partial charge in [0, 0.05) is 19.4 Å². The molecule has 48 heavy (non-hydrogen) atoms. The monoisotopic (exact) mass is 679 g/mol. The summed E-state index contributed by atoms with van der Waals surface area (Å²) in [5, 5.41) is 15.2. The largest absolute Gasteiger partial charge is 0.480 e. The third-order valence-corrected chi connectivity index (χ3v) is 9.89. The Hall–Kier alpha value is -1.59. The number of rotatable bonds is 39. The zero-order valence-corrected chi connectivity index (χ0v) is 32.2. The van der Waals surface area contributed by atoms with Crippen LogP contribution in [0.15, 0.2) is 0 Å². The van der Waals surface area contributed by atoms with E-state index in [9.17, 15) is 19.5 Å². The third kappa shape index (κ3) is 35.7. The molecule has 0 aromatic rings. The van der Waals surface area contributed by atoms with Gasteiger partial charge in [0.15, 0.2) is 0 Å².